The van der Waals surface area contributed by atoms with Crippen LogP contribution in [0.15, 0.2) is 29.6 Å². The van der Waals surface area contributed by atoms with Crippen LogP contribution in [0.25, 0.3) is 0 Å². The molecule has 1 aliphatic heterocycles. The number of thiophene rings is 1. The Balaban J connectivity index is 1.80. The van der Waals surface area contributed by atoms with Crippen molar-refractivity contribution in [3.8, 4) is 0 Å². The Kier molecular flexibility index (Phi) is 7.76. The lowest BCUT2D eigenvalue weighted by atomic mass is 9.87. The third kappa shape index (κ3) is 4.99. The van der Waals surface area contributed by atoms with Gasteiger partial charge in [0.05, 0.1) is 12.2 Å². The van der Waals surface area contributed by atoms with Gasteiger partial charge in [-0.2, -0.15) is 0 Å². The number of amides is 4. The van der Waals surface area contributed by atoms with Crippen LogP contribution in [-0.4, -0.2) is 41.9 Å². The molecule has 0 saturated carbocycles. The van der Waals surface area contributed by atoms with E-state index in [0.29, 0.717) is 34.9 Å². The molecule has 3 rings (SSSR count). The second kappa shape index (κ2) is 10.4. The molecule has 34 heavy (non-hydrogen) atoms. The van der Waals surface area contributed by atoms with Crippen molar-refractivity contribution in [3.05, 3.63) is 51.9 Å². The summed E-state index contributed by atoms with van der Waals surface area (Å²) in [7, 11) is 0. The number of benzene rings is 1. The summed E-state index contributed by atoms with van der Waals surface area (Å²) in [6.45, 7) is 9.30. The smallest absolute Gasteiger partial charge is 0.341 e. The van der Waals surface area contributed by atoms with E-state index < -0.39 is 35.9 Å². The predicted octanol–water partition coefficient (Wildman–Crippen LogP) is 4.23. The standard InChI is InChI=1S/C25H31N3O5S/c1-6-25(18-10-8-16(5)9-11-18)23(31)28(24(32)27-25)13-19(29)26-21-20(22(30)33-7-2)17(14-34-21)12-15(3)4/h8-11,14-15H,6-7,12-13H2,1-5H3,(H,26,29)(H,27,32). The molecule has 0 bridgehead atoms. The Hall–Kier alpha value is -3.20. The first-order chi connectivity index (χ1) is 16.1. The number of anilines is 1. The summed E-state index contributed by atoms with van der Waals surface area (Å²) in [4.78, 5) is 52.4. The van der Waals surface area contributed by atoms with Gasteiger partial charge in [0.25, 0.3) is 5.91 Å². The van der Waals surface area contributed by atoms with Crippen LogP contribution >= 0.6 is 11.3 Å². The summed E-state index contributed by atoms with van der Waals surface area (Å²) >= 11 is 1.23. The zero-order valence-electron chi connectivity index (χ0n) is 20.2. The molecule has 1 aliphatic rings. The van der Waals surface area contributed by atoms with Gasteiger partial charge in [-0.25, -0.2) is 9.59 Å². The molecule has 1 unspecified atom stereocenters. The zero-order valence-corrected chi connectivity index (χ0v) is 21.0. The van der Waals surface area contributed by atoms with Crippen LogP contribution in [0.1, 0.15) is 61.2 Å². The van der Waals surface area contributed by atoms with E-state index in [-0.39, 0.29) is 6.61 Å². The average molecular weight is 486 g/mol. The normalized spacial score (nSPS) is 17.8. The SMILES string of the molecule is CCOC(=O)c1c(CC(C)C)csc1NC(=O)CN1C(=O)NC(CC)(c2ccc(C)cc2)C1=O. The highest BCUT2D eigenvalue weighted by Gasteiger charge is 2.51. The van der Waals surface area contributed by atoms with Crippen LogP contribution in [0.5, 0.6) is 0 Å². The predicted molar refractivity (Wildman–Crippen MR) is 131 cm³/mol. The van der Waals surface area contributed by atoms with Gasteiger partial charge in [-0.05, 0) is 49.1 Å². The molecule has 2 aromatic rings. The van der Waals surface area contributed by atoms with E-state index in [0.717, 1.165) is 16.0 Å². The molecule has 1 fully saturated rings. The van der Waals surface area contributed by atoms with Crippen LogP contribution < -0.4 is 10.6 Å². The number of imide groups is 1. The molecule has 0 radical (unpaired) electrons. The molecule has 2 N–H and O–H groups in total. The lowest BCUT2D eigenvalue weighted by Crippen LogP contribution is -2.44. The van der Waals surface area contributed by atoms with Crippen LogP contribution in [0.2, 0.25) is 0 Å². The number of carbonyl (C=O) groups excluding carboxylic acids is 4. The molecule has 1 aromatic carbocycles. The first-order valence-electron chi connectivity index (χ1n) is 11.4. The van der Waals surface area contributed by atoms with Crippen LogP contribution in [-0.2, 0) is 26.3 Å². The fourth-order valence-electron chi connectivity index (χ4n) is 4.06. The highest BCUT2D eigenvalue weighted by molar-refractivity contribution is 7.15. The van der Waals surface area contributed by atoms with Crippen LogP contribution in [0, 0.1) is 12.8 Å². The maximum absolute atomic E-state index is 13.3. The molecular formula is C25H31N3O5S. The number of ether oxygens (including phenoxy) is 1. The molecule has 0 aliphatic carbocycles. The largest absolute Gasteiger partial charge is 0.462 e. The number of nitrogens with zero attached hydrogens (tertiary/aromatic N) is 1. The zero-order chi connectivity index (χ0) is 25.0. The van der Waals surface area contributed by atoms with Crippen molar-refractivity contribution >= 4 is 40.2 Å². The fourth-order valence-corrected chi connectivity index (χ4v) is 5.04. The Morgan fingerprint density at radius 1 is 1.18 bits per heavy atom. The van der Waals surface area contributed by atoms with Crippen molar-refractivity contribution in [2.75, 3.05) is 18.5 Å². The van der Waals surface area contributed by atoms with Gasteiger partial charge in [0.2, 0.25) is 5.91 Å². The van der Waals surface area contributed by atoms with Gasteiger partial charge < -0.3 is 15.4 Å². The van der Waals surface area contributed by atoms with Crippen LogP contribution in [0.4, 0.5) is 9.80 Å². The third-order valence-corrected chi connectivity index (χ3v) is 6.72. The van der Waals surface area contributed by atoms with Crippen molar-refractivity contribution in [2.45, 2.75) is 53.0 Å². The van der Waals surface area contributed by atoms with E-state index in [1.54, 1.807) is 6.92 Å². The lowest BCUT2D eigenvalue weighted by molar-refractivity contribution is -0.134. The highest BCUT2D eigenvalue weighted by atomic mass is 32.1. The molecule has 1 aromatic heterocycles. The van der Waals surface area contributed by atoms with Crippen molar-refractivity contribution in [3.63, 3.8) is 0 Å². The van der Waals surface area contributed by atoms with Gasteiger partial charge in [0, 0.05) is 0 Å². The second-order valence-electron chi connectivity index (χ2n) is 8.78. The Labute approximate surface area is 203 Å². The van der Waals surface area contributed by atoms with E-state index in [1.807, 2.05) is 57.3 Å². The Morgan fingerprint density at radius 3 is 2.44 bits per heavy atom. The van der Waals surface area contributed by atoms with Crippen molar-refractivity contribution in [1.82, 2.24) is 10.2 Å². The average Bonchev–Trinajstić information content (AvgIpc) is 3.27. The molecule has 1 saturated heterocycles. The third-order valence-electron chi connectivity index (χ3n) is 5.78. The summed E-state index contributed by atoms with van der Waals surface area (Å²) < 4.78 is 5.19. The van der Waals surface area contributed by atoms with E-state index in [4.69, 9.17) is 4.74 Å². The maximum Gasteiger partial charge on any atom is 0.341 e. The minimum absolute atomic E-state index is 0.212. The summed E-state index contributed by atoms with van der Waals surface area (Å²) in [6, 6.07) is 6.76. The van der Waals surface area contributed by atoms with E-state index >= 15 is 0 Å². The minimum atomic E-state index is -1.21. The number of esters is 1. The summed E-state index contributed by atoms with van der Waals surface area (Å²) in [6.07, 6.45) is 0.998. The maximum atomic E-state index is 13.3. The van der Waals surface area contributed by atoms with Gasteiger partial charge in [-0.1, -0.05) is 50.6 Å². The number of urea groups is 1. The molecule has 2 heterocycles. The summed E-state index contributed by atoms with van der Waals surface area (Å²) in [5.74, 6) is -1.24. The summed E-state index contributed by atoms with van der Waals surface area (Å²) in [5, 5.41) is 7.67. The molecular weight excluding hydrogens is 454 g/mol. The number of hydrogen-bond donors (Lipinski definition) is 2. The van der Waals surface area contributed by atoms with Gasteiger partial charge >= 0.3 is 12.0 Å². The van der Waals surface area contributed by atoms with Gasteiger partial charge in [0.15, 0.2) is 0 Å². The van der Waals surface area contributed by atoms with E-state index in [9.17, 15) is 19.2 Å². The monoisotopic (exact) mass is 485 g/mol. The number of hydrogen-bond acceptors (Lipinski definition) is 6. The molecule has 1 atom stereocenters. The van der Waals surface area contributed by atoms with Crippen molar-refractivity contribution in [2.24, 2.45) is 5.92 Å². The lowest BCUT2D eigenvalue weighted by Gasteiger charge is -2.25. The Bertz CT molecular complexity index is 1090. The van der Waals surface area contributed by atoms with Gasteiger partial charge in [0.1, 0.15) is 17.1 Å². The summed E-state index contributed by atoms with van der Waals surface area (Å²) in [5.41, 5.74) is 1.62. The van der Waals surface area contributed by atoms with Gasteiger partial charge in [-0.15, -0.1) is 11.3 Å². The highest BCUT2D eigenvalue weighted by Crippen LogP contribution is 2.34. The van der Waals surface area contributed by atoms with Gasteiger partial charge in [-0.3, -0.25) is 14.5 Å². The topological polar surface area (TPSA) is 105 Å². The first kappa shape index (κ1) is 25.4. The first-order valence-corrected chi connectivity index (χ1v) is 12.3. The molecule has 9 heteroatoms. The molecule has 182 valence electrons. The molecule has 0 spiro atoms. The number of carbonyl (C=O) groups is 4. The number of nitrogens with one attached hydrogen (secondary N) is 2. The van der Waals surface area contributed by atoms with E-state index in [1.165, 1.54) is 11.3 Å². The number of rotatable bonds is 9. The Morgan fingerprint density at radius 2 is 1.85 bits per heavy atom. The molecule has 4 amide bonds. The fraction of sp³-hybridized carbons (Fsp3) is 0.440. The van der Waals surface area contributed by atoms with Crippen LogP contribution in [0.3, 0.4) is 0 Å². The second-order valence-corrected chi connectivity index (χ2v) is 9.66. The molecule has 8 nitrogen and oxygen atoms in total. The van der Waals surface area contributed by atoms with Crippen molar-refractivity contribution < 1.29 is 23.9 Å². The minimum Gasteiger partial charge on any atom is -0.462 e. The quantitative estimate of drug-likeness (QED) is 0.409. The number of aryl methyl sites for hydroxylation is 1. The van der Waals surface area contributed by atoms with E-state index in [2.05, 4.69) is 10.6 Å². The van der Waals surface area contributed by atoms with Crippen molar-refractivity contribution in [1.29, 1.82) is 0 Å².